The molecule has 0 saturated carbocycles. The van der Waals surface area contributed by atoms with E-state index in [4.69, 9.17) is 4.74 Å². The van der Waals surface area contributed by atoms with Crippen LogP contribution in [0.3, 0.4) is 0 Å². The lowest BCUT2D eigenvalue weighted by Crippen LogP contribution is -2.41. The van der Waals surface area contributed by atoms with E-state index in [9.17, 15) is 9.59 Å². The molecular formula is C29H33N3O3S. The van der Waals surface area contributed by atoms with Crippen molar-refractivity contribution in [3.8, 4) is 5.75 Å². The third-order valence-corrected chi connectivity index (χ3v) is 8.10. The van der Waals surface area contributed by atoms with Gasteiger partial charge in [-0.2, -0.15) is 0 Å². The quantitative estimate of drug-likeness (QED) is 0.484. The third-order valence-electron chi connectivity index (χ3n) is 7.10. The van der Waals surface area contributed by atoms with Crippen LogP contribution in [0, 0.1) is 0 Å². The molecule has 188 valence electrons. The van der Waals surface area contributed by atoms with Gasteiger partial charge in [-0.1, -0.05) is 48.5 Å². The van der Waals surface area contributed by atoms with Gasteiger partial charge in [0, 0.05) is 50.6 Å². The van der Waals surface area contributed by atoms with E-state index < -0.39 is 0 Å². The highest BCUT2D eigenvalue weighted by atomic mass is 32.1. The Labute approximate surface area is 217 Å². The lowest BCUT2D eigenvalue weighted by atomic mass is 9.93. The van der Waals surface area contributed by atoms with Crippen LogP contribution >= 0.6 is 11.3 Å². The van der Waals surface area contributed by atoms with Crippen molar-refractivity contribution >= 4 is 23.2 Å². The van der Waals surface area contributed by atoms with Gasteiger partial charge in [0.25, 0.3) is 5.91 Å². The number of rotatable bonds is 7. The molecule has 1 aromatic heterocycles. The van der Waals surface area contributed by atoms with Crippen LogP contribution < -0.4 is 4.74 Å². The number of carbonyl (C=O) groups excluding carboxylic acids is 2. The highest BCUT2D eigenvalue weighted by Gasteiger charge is 2.30. The molecular weight excluding hydrogens is 470 g/mol. The number of thiophene rings is 1. The van der Waals surface area contributed by atoms with E-state index >= 15 is 0 Å². The minimum absolute atomic E-state index is 0.0262. The van der Waals surface area contributed by atoms with Gasteiger partial charge < -0.3 is 14.5 Å². The van der Waals surface area contributed by atoms with Crippen LogP contribution in [0.25, 0.3) is 0 Å². The lowest BCUT2D eigenvalue weighted by molar-refractivity contribution is -0.135. The summed E-state index contributed by atoms with van der Waals surface area (Å²) in [5, 5.41) is 2.18. The van der Waals surface area contributed by atoms with Crippen molar-refractivity contribution in [2.45, 2.75) is 25.3 Å². The Kier molecular flexibility index (Phi) is 7.98. The van der Waals surface area contributed by atoms with E-state index in [2.05, 4.69) is 46.7 Å². The minimum atomic E-state index is -0.0289. The normalized spacial score (nSPS) is 18.4. The second-order valence-electron chi connectivity index (χ2n) is 9.37. The van der Waals surface area contributed by atoms with Crippen LogP contribution in [0.1, 0.15) is 34.9 Å². The summed E-state index contributed by atoms with van der Waals surface area (Å²) in [7, 11) is 0. The maximum atomic E-state index is 13.2. The molecule has 1 atom stereocenters. The van der Waals surface area contributed by atoms with Gasteiger partial charge in [-0.15, -0.1) is 11.3 Å². The van der Waals surface area contributed by atoms with Crippen molar-refractivity contribution in [1.82, 2.24) is 14.7 Å². The van der Waals surface area contributed by atoms with E-state index in [0.717, 1.165) is 25.9 Å². The van der Waals surface area contributed by atoms with Crippen LogP contribution in [0.2, 0.25) is 0 Å². The minimum Gasteiger partial charge on any atom is -0.484 e. The predicted octanol–water partition coefficient (Wildman–Crippen LogP) is 4.23. The largest absolute Gasteiger partial charge is 0.484 e. The first kappa shape index (κ1) is 24.5. The van der Waals surface area contributed by atoms with Gasteiger partial charge in [-0.3, -0.25) is 14.5 Å². The van der Waals surface area contributed by atoms with Crippen LogP contribution in [-0.2, 0) is 16.0 Å². The summed E-state index contributed by atoms with van der Waals surface area (Å²) in [6.45, 7) is 4.20. The third kappa shape index (κ3) is 5.79. The molecule has 6 nitrogen and oxygen atoms in total. The van der Waals surface area contributed by atoms with Crippen molar-refractivity contribution in [1.29, 1.82) is 0 Å². The first-order valence-electron chi connectivity index (χ1n) is 12.8. The van der Waals surface area contributed by atoms with Crippen LogP contribution in [-0.4, -0.2) is 72.4 Å². The molecule has 2 aromatic carbocycles. The molecule has 0 bridgehead atoms. The molecule has 3 aromatic rings. The maximum absolute atomic E-state index is 13.2. The van der Waals surface area contributed by atoms with E-state index in [0.29, 0.717) is 38.3 Å². The highest BCUT2D eigenvalue weighted by molar-refractivity contribution is 7.10. The number of hydrogen-bond acceptors (Lipinski definition) is 5. The number of benzene rings is 2. The molecule has 0 radical (unpaired) electrons. The zero-order chi connectivity index (χ0) is 24.7. The van der Waals surface area contributed by atoms with Crippen molar-refractivity contribution in [3.05, 3.63) is 88.1 Å². The van der Waals surface area contributed by atoms with E-state index in [-0.39, 0.29) is 24.5 Å². The molecule has 2 amide bonds. The Hall–Kier alpha value is -3.16. The fraction of sp³-hybridized carbons (Fsp3) is 0.379. The molecule has 2 aliphatic heterocycles. The van der Waals surface area contributed by atoms with Crippen molar-refractivity contribution < 1.29 is 14.3 Å². The summed E-state index contributed by atoms with van der Waals surface area (Å²) in [5.74, 6) is 0.838. The summed E-state index contributed by atoms with van der Waals surface area (Å²) < 4.78 is 5.63. The van der Waals surface area contributed by atoms with Gasteiger partial charge in [0.15, 0.2) is 6.61 Å². The highest BCUT2D eigenvalue weighted by Crippen LogP contribution is 2.37. The molecule has 0 aliphatic carbocycles. The zero-order valence-electron chi connectivity index (χ0n) is 20.6. The summed E-state index contributed by atoms with van der Waals surface area (Å²) >= 11 is 1.84. The van der Waals surface area contributed by atoms with Crippen LogP contribution in [0.15, 0.2) is 72.1 Å². The van der Waals surface area contributed by atoms with Crippen LogP contribution in [0.5, 0.6) is 5.75 Å². The monoisotopic (exact) mass is 503 g/mol. The lowest BCUT2D eigenvalue weighted by Gasteiger charge is -2.36. The molecule has 1 fully saturated rings. The number of fused-ring (bicyclic) bond motifs is 1. The Bertz CT molecular complexity index is 1150. The van der Waals surface area contributed by atoms with Gasteiger partial charge in [0.05, 0.1) is 6.04 Å². The van der Waals surface area contributed by atoms with Crippen molar-refractivity contribution in [2.24, 2.45) is 0 Å². The fourth-order valence-electron chi connectivity index (χ4n) is 5.20. The number of carbonyl (C=O) groups is 2. The summed E-state index contributed by atoms with van der Waals surface area (Å²) in [5.41, 5.74) is 2.66. The van der Waals surface area contributed by atoms with E-state index in [1.54, 1.807) is 0 Å². The average molecular weight is 504 g/mol. The van der Waals surface area contributed by atoms with Gasteiger partial charge in [-0.25, -0.2) is 0 Å². The Morgan fingerprint density at radius 3 is 2.28 bits per heavy atom. The summed E-state index contributed by atoms with van der Waals surface area (Å²) in [6, 6.07) is 22.5. The molecule has 7 heteroatoms. The second-order valence-corrected chi connectivity index (χ2v) is 10.4. The number of para-hydroxylation sites is 1. The van der Waals surface area contributed by atoms with E-state index in [1.165, 1.54) is 16.0 Å². The number of hydrogen-bond donors (Lipinski definition) is 0. The van der Waals surface area contributed by atoms with Crippen LogP contribution in [0.4, 0.5) is 0 Å². The molecule has 5 rings (SSSR count). The standard InChI is InChI=1S/C29H33N3O3S/c33-27(30-15-7-16-31(20-19-30)28(34)22-35-24-10-5-2-6-11-24)13-18-32-17-12-26-25(14-21-36-26)29(32)23-8-3-1-4-9-23/h1-6,8-11,14,21,29H,7,12-13,15-20,22H2/t29-/m1/s1. The topological polar surface area (TPSA) is 53.1 Å². The van der Waals surface area contributed by atoms with Gasteiger partial charge >= 0.3 is 0 Å². The van der Waals surface area contributed by atoms with E-state index in [1.807, 2.05) is 51.5 Å². The zero-order valence-corrected chi connectivity index (χ0v) is 21.4. The smallest absolute Gasteiger partial charge is 0.260 e. The molecule has 2 aliphatic rings. The molecule has 1 saturated heterocycles. The van der Waals surface area contributed by atoms with Gasteiger partial charge in [-0.05, 0) is 47.5 Å². The SMILES string of the molecule is O=C(CCN1CCc2sccc2[C@H]1c1ccccc1)N1CCCN(C(=O)COc2ccccc2)CC1. The second kappa shape index (κ2) is 11.7. The van der Waals surface area contributed by atoms with Crippen molar-refractivity contribution in [2.75, 3.05) is 45.9 Å². The van der Waals surface area contributed by atoms with Gasteiger partial charge in [0.2, 0.25) is 5.91 Å². The number of nitrogens with zero attached hydrogens (tertiary/aromatic N) is 3. The molecule has 0 N–H and O–H groups in total. The number of ether oxygens (including phenoxy) is 1. The Balaban J connectivity index is 1.14. The predicted molar refractivity (Wildman–Crippen MR) is 142 cm³/mol. The van der Waals surface area contributed by atoms with Crippen molar-refractivity contribution in [3.63, 3.8) is 0 Å². The molecule has 3 heterocycles. The Morgan fingerprint density at radius 2 is 1.53 bits per heavy atom. The summed E-state index contributed by atoms with van der Waals surface area (Å²) in [4.78, 5) is 33.5. The maximum Gasteiger partial charge on any atom is 0.260 e. The molecule has 36 heavy (non-hydrogen) atoms. The molecule has 0 spiro atoms. The fourth-order valence-corrected chi connectivity index (χ4v) is 6.11. The van der Waals surface area contributed by atoms with Gasteiger partial charge in [0.1, 0.15) is 5.75 Å². The number of amides is 2. The molecule has 0 unspecified atom stereocenters. The Morgan fingerprint density at radius 1 is 0.833 bits per heavy atom. The first-order chi connectivity index (χ1) is 17.7. The average Bonchev–Trinajstić information content (AvgIpc) is 3.26. The first-order valence-corrected chi connectivity index (χ1v) is 13.7. The summed E-state index contributed by atoms with van der Waals surface area (Å²) in [6.07, 6.45) is 2.32.